The van der Waals surface area contributed by atoms with Crippen molar-refractivity contribution in [1.29, 1.82) is 0 Å². The highest BCUT2D eigenvalue weighted by atomic mass is 15.1. The average molecular weight is 260 g/mol. The van der Waals surface area contributed by atoms with Crippen LogP contribution >= 0.6 is 0 Å². The predicted molar refractivity (Wildman–Crippen MR) is 85.8 cm³/mol. The van der Waals surface area contributed by atoms with E-state index in [1.54, 1.807) is 0 Å². The Morgan fingerprint density at radius 2 is 1.84 bits per heavy atom. The molecule has 0 bridgehead atoms. The van der Waals surface area contributed by atoms with Crippen LogP contribution < -0.4 is 10.2 Å². The molecule has 2 heteroatoms. The first-order valence-electron chi connectivity index (χ1n) is 7.31. The van der Waals surface area contributed by atoms with Crippen LogP contribution in [-0.2, 0) is 0 Å². The average Bonchev–Trinajstić information content (AvgIpc) is 2.42. The molecule has 1 aromatic carbocycles. The second kappa shape index (κ2) is 8.00. The fourth-order valence-corrected chi connectivity index (χ4v) is 2.19. The van der Waals surface area contributed by atoms with E-state index in [0.29, 0.717) is 12.1 Å². The molecule has 106 valence electrons. The molecule has 0 aliphatic heterocycles. The van der Waals surface area contributed by atoms with Crippen LogP contribution in [-0.4, -0.2) is 19.1 Å². The summed E-state index contributed by atoms with van der Waals surface area (Å²) < 4.78 is 0. The number of rotatable bonds is 8. The van der Waals surface area contributed by atoms with Gasteiger partial charge in [0, 0.05) is 24.3 Å². The van der Waals surface area contributed by atoms with Crippen molar-refractivity contribution >= 4 is 5.69 Å². The zero-order valence-electron chi connectivity index (χ0n) is 12.8. The number of nitrogens with one attached hydrogen (secondary N) is 1. The van der Waals surface area contributed by atoms with Crippen molar-refractivity contribution in [2.24, 2.45) is 0 Å². The third kappa shape index (κ3) is 4.71. The lowest BCUT2D eigenvalue weighted by Crippen LogP contribution is -2.30. The largest absolute Gasteiger partial charge is 0.365 e. The maximum atomic E-state index is 3.84. The van der Waals surface area contributed by atoms with Gasteiger partial charge in [0.05, 0.1) is 0 Å². The molecule has 0 aliphatic carbocycles. The summed E-state index contributed by atoms with van der Waals surface area (Å²) in [6.07, 6.45) is 3.13. The van der Waals surface area contributed by atoms with E-state index in [1.165, 1.54) is 17.7 Å². The molecular formula is C17H28N2. The van der Waals surface area contributed by atoms with Gasteiger partial charge < -0.3 is 10.2 Å². The van der Waals surface area contributed by atoms with Gasteiger partial charge in [0.15, 0.2) is 0 Å². The molecule has 0 spiro atoms. The second-order valence-electron chi connectivity index (χ2n) is 5.30. The fraction of sp³-hybridized carbons (Fsp3) is 0.529. The van der Waals surface area contributed by atoms with E-state index in [-0.39, 0.29) is 0 Å². The molecule has 0 amide bonds. The minimum atomic E-state index is 0.418. The third-order valence-electron chi connectivity index (χ3n) is 3.37. The lowest BCUT2D eigenvalue weighted by molar-refractivity contribution is 0.570. The van der Waals surface area contributed by atoms with E-state index >= 15 is 0 Å². The first-order valence-corrected chi connectivity index (χ1v) is 7.31. The van der Waals surface area contributed by atoms with Crippen LogP contribution in [0.3, 0.4) is 0 Å². The molecular weight excluding hydrogens is 232 g/mol. The molecule has 1 N–H and O–H groups in total. The first-order chi connectivity index (χ1) is 9.10. The number of anilines is 1. The highest BCUT2D eigenvalue weighted by Crippen LogP contribution is 2.21. The van der Waals surface area contributed by atoms with Crippen LogP contribution in [0.5, 0.6) is 0 Å². The molecule has 1 aromatic rings. The van der Waals surface area contributed by atoms with Crippen LogP contribution in [0.25, 0.3) is 0 Å². The van der Waals surface area contributed by atoms with Gasteiger partial charge in [-0.05, 0) is 51.4 Å². The maximum absolute atomic E-state index is 3.84. The smallest absolute Gasteiger partial charge is 0.0371 e. The summed E-state index contributed by atoms with van der Waals surface area (Å²) >= 11 is 0. The summed E-state index contributed by atoms with van der Waals surface area (Å²) in [6, 6.07) is 9.77. The Morgan fingerprint density at radius 3 is 2.32 bits per heavy atom. The van der Waals surface area contributed by atoms with Gasteiger partial charge in [0.2, 0.25) is 0 Å². The molecule has 0 heterocycles. The predicted octanol–water partition coefficient (Wildman–Crippen LogP) is 4.15. The first kappa shape index (κ1) is 15.8. The summed E-state index contributed by atoms with van der Waals surface area (Å²) in [5.41, 5.74) is 2.61. The van der Waals surface area contributed by atoms with Crippen LogP contribution in [0.4, 0.5) is 5.69 Å². The minimum absolute atomic E-state index is 0.418. The van der Waals surface area contributed by atoms with Crippen molar-refractivity contribution in [2.45, 2.75) is 46.2 Å². The van der Waals surface area contributed by atoms with Gasteiger partial charge in [-0.2, -0.15) is 0 Å². The Labute approximate surface area is 118 Å². The monoisotopic (exact) mass is 260 g/mol. The van der Waals surface area contributed by atoms with Gasteiger partial charge in [0.25, 0.3) is 0 Å². The number of nitrogens with zero attached hydrogens (tertiary/aromatic N) is 1. The van der Waals surface area contributed by atoms with E-state index in [1.807, 2.05) is 6.08 Å². The van der Waals surface area contributed by atoms with Gasteiger partial charge in [-0.15, -0.1) is 6.58 Å². The van der Waals surface area contributed by atoms with Crippen molar-refractivity contribution in [3.05, 3.63) is 42.5 Å². The molecule has 19 heavy (non-hydrogen) atoms. The van der Waals surface area contributed by atoms with Gasteiger partial charge in [-0.3, -0.25) is 0 Å². The molecule has 1 rings (SSSR count). The quantitative estimate of drug-likeness (QED) is 0.706. The molecule has 1 atom stereocenters. The standard InChI is InChI=1S/C17H28N2/c1-6-12-18-15(5)16-8-10-17(11-9-16)19(13-7-2)14(3)4/h7-11,14-15,18H,2,6,12-13H2,1,3-5H3. The number of hydrogen-bond donors (Lipinski definition) is 1. The Bertz CT molecular complexity index is 367. The molecule has 0 saturated heterocycles. The Hall–Kier alpha value is -1.28. The summed E-state index contributed by atoms with van der Waals surface area (Å²) in [7, 11) is 0. The van der Waals surface area contributed by atoms with Gasteiger partial charge in [-0.1, -0.05) is 25.1 Å². The van der Waals surface area contributed by atoms with Crippen LogP contribution in [0.15, 0.2) is 36.9 Å². The fourth-order valence-electron chi connectivity index (χ4n) is 2.19. The zero-order valence-corrected chi connectivity index (χ0v) is 12.8. The van der Waals surface area contributed by atoms with Crippen molar-refractivity contribution in [1.82, 2.24) is 5.32 Å². The zero-order chi connectivity index (χ0) is 14.3. The van der Waals surface area contributed by atoms with E-state index in [9.17, 15) is 0 Å². The van der Waals surface area contributed by atoms with Crippen molar-refractivity contribution in [3.63, 3.8) is 0 Å². The van der Waals surface area contributed by atoms with E-state index in [0.717, 1.165) is 13.1 Å². The van der Waals surface area contributed by atoms with E-state index in [2.05, 4.69) is 68.8 Å². The molecule has 0 aliphatic rings. The van der Waals surface area contributed by atoms with Gasteiger partial charge in [0.1, 0.15) is 0 Å². The highest BCUT2D eigenvalue weighted by Gasteiger charge is 2.10. The molecule has 1 unspecified atom stereocenters. The van der Waals surface area contributed by atoms with Crippen LogP contribution in [0.1, 0.15) is 45.7 Å². The summed E-state index contributed by atoms with van der Waals surface area (Å²) in [4.78, 5) is 2.35. The summed E-state index contributed by atoms with van der Waals surface area (Å²) in [6.45, 7) is 14.6. The summed E-state index contributed by atoms with van der Waals surface area (Å²) in [5.74, 6) is 0. The van der Waals surface area contributed by atoms with E-state index < -0.39 is 0 Å². The van der Waals surface area contributed by atoms with Crippen LogP contribution in [0.2, 0.25) is 0 Å². The van der Waals surface area contributed by atoms with Crippen molar-refractivity contribution in [2.75, 3.05) is 18.0 Å². The van der Waals surface area contributed by atoms with Crippen molar-refractivity contribution in [3.8, 4) is 0 Å². The summed E-state index contributed by atoms with van der Waals surface area (Å²) in [5, 5.41) is 3.52. The van der Waals surface area contributed by atoms with Crippen LogP contribution in [0, 0.1) is 0 Å². The lowest BCUT2D eigenvalue weighted by atomic mass is 10.1. The number of benzene rings is 1. The van der Waals surface area contributed by atoms with Gasteiger partial charge >= 0.3 is 0 Å². The SMILES string of the molecule is C=CCN(c1ccc(C(C)NCCC)cc1)C(C)C. The maximum Gasteiger partial charge on any atom is 0.0371 e. The molecule has 0 fully saturated rings. The lowest BCUT2D eigenvalue weighted by Gasteiger charge is -2.28. The molecule has 0 saturated carbocycles. The normalized spacial score (nSPS) is 12.5. The van der Waals surface area contributed by atoms with Gasteiger partial charge in [-0.25, -0.2) is 0 Å². The highest BCUT2D eigenvalue weighted by molar-refractivity contribution is 5.49. The number of hydrogen-bond acceptors (Lipinski definition) is 2. The minimum Gasteiger partial charge on any atom is -0.365 e. The third-order valence-corrected chi connectivity index (χ3v) is 3.37. The Kier molecular flexibility index (Phi) is 6.65. The Balaban J connectivity index is 2.76. The molecule has 0 aromatic heterocycles. The second-order valence-corrected chi connectivity index (χ2v) is 5.30. The molecule has 0 radical (unpaired) electrons. The topological polar surface area (TPSA) is 15.3 Å². The van der Waals surface area contributed by atoms with E-state index in [4.69, 9.17) is 0 Å². The van der Waals surface area contributed by atoms with Crippen molar-refractivity contribution < 1.29 is 0 Å². The molecule has 2 nitrogen and oxygen atoms in total. The Morgan fingerprint density at radius 1 is 1.21 bits per heavy atom.